The average molecular weight is 392 g/mol. The first kappa shape index (κ1) is 17.2. The molecule has 0 fully saturated rings. The maximum Gasteiger partial charge on any atom is 0.152 e. The highest BCUT2D eigenvalue weighted by molar-refractivity contribution is 9.11. The van der Waals surface area contributed by atoms with E-state index in [1.165, 1.54) is 0 Å². The van der Waals surface area contributed by atoms with Crippen LogP contribution in [0.5, 0.6) is 0 Å². The molecule has 0 amide bonds. The zero-order chi connectivity index (χ0) is 17.5. The molecule has 25 heavy (non-hydrogen) atoms. The van der Waals surface area contributed by atoms with E-state index in [4.69, 9.17) is 4.98 Å². The number of rotatable bonds is 6. The Kier molecular flexibility index (Phi) is 5.78. The van der Waals surface area contributed by atoms with Gasteiger partial charge in [-0.05, 0) is 52.7 Å². The van der Waals surface area contributed by atoms with E-state index in [0.717, 1.165) is 40.0 Å². The molecule has 1 heterocycles. The van der Waals surface area contributed by atoms with E-state index >= 15 is 0 Å². The first-order chi connectivity index (χ1) is 12.3. The Hall–Kier alpha value is -2.68. The highest BCUT2D eigenvalue weighted by atomic mass is 79.9. The Labute approximate surface area is 156 Å². The van der Waals surface area contributed by atoms with E-state index in [-0.39, 0.29) is 0 Å². The average Bonchev–Trinajstić information content (AvgIpc) is 2.68. The van der Waals surface area contributed by atoms with Gasteiger partial charge in [0.2, 0.25) is 0 Å². The van der Waals surface area contributed by atoms with Crippen molar-refractivity contribution in [3.05, 3.63) is 89.7 Å². The van der Waals surface area contributed by atoms with Crippen LogP contribution in [0, 0.1) is 0 Å². The van der Waals surface area contributed by atoms with Crippen LogP contribution in [-0.2, 0) is 0 Å². The molecule has 3 aromatic rings. The molecule has 2 aromatic carbocycles. The van der Waals surface area contributed by atoms with Gasteiger partial charge in [-0.1, -0.05) is 43.0 Å². The first-order valence-electron chi connectivity index (χ1n) is 8.04. The van der Waals surface area contributed by atoms with Crippen LogP contribution in [-0.4, -0.2) is 16.5 Å². The van der Waals surface area contributed by atoms with Crippen molar-refractivity contribution >= 4 is 38.5 Å². The van der Waals surface area contributed by atoms with Crippen molar-refractivity contribution in [2.45, 2.75) is 6.42 Å². The normalized spacial score (nSPS) is 10.8. The molecule has 0 radical (unpaired) electrons. The molecule has 3 rings (SSSR count). The quantitative estimate of drug-likeness (QED) is 0.394. The van der Waals surface area contributed by atoms with E-state index in [1.54, 1.807) is 0 Å². The second kappa shape index (κ2) is 8.43. The lowest BCUT2D eigenvalue weighted by Crippen LogP contribution is -2.19. The number of anilines is 2. The summed E-state index contributed by atoms with van der Waals surface area (Å²) in [4.78, 5) is 11.5. The summed E-state index contributed by atoms with van der Waals surface area (Å²) in [6.07, 6.45) is 6.74. The molecular formula is C21H18BrN3. The Morgan fingerprint density at radius 1 is 1.08 bits per heavy atom. The van der Waals surface area contributed by atoms with Crippen molar-refractivity contribution in [3.63, 3.8) is 0 Å². The highest BCUT2D eigenvalue weighted by Gasteiger charge is 2.11. The summed E-state index contributed by atoms with van der Waals surface area (Å²) in [6.45, 7) is 4.41. The Bertz CT molecular complexity index is 928. The summed E-state index contributed by atoms with van der Waals surface area (Å²) in [7, 11) is 0. The number of benzene rings is 2. The lowest BCUT2D eigenvalue weighted by Gasteiger charge is -2.23. The Balaban J connectivity index is 1.89. The van der Waals surface area contributed by atoms with E-state index in [1.807, 2.05) is 54.7 Å². The zero-order valence-electron chi connectivity index (χ0n) is 13.8. The summed E-state index contributed by atoms with van der Waals surface area (Å²) in [6, 6.07) is 18.2. The number of allylic oxidation sites excluding steroid dienone is 2. The van der Waals surface area contributed by atoms with Gasteiger partial charge in [0.25, 0.3) is 0 Å². The van der Waals surface area contributed by atoms with E-state index in [9.17, 15) is 0 Å². The van der Waals surface area contributed by atoms with Crippen molar-refractivity contribution < 1.29 is 0 Å². The summed E-state index contributed by atoms with van der Waals surface area (Å²) >= 11 is 3.38. The molecule has 1 aromatic heterocycles. The summed E-state index contributed by atoms with van der Waals surface area (Å²) < 4.78 is 0.851. The molecule has 0 unspecified atom stereocenters. The van der Waals surface area contributed by atoms with Gasteiger partial charge in [-0.3, -0.25) is 4.98 Å². The fraction of sp³-hybridized carbons (Fsp3) is 0.0952. The van der Waals surface area contributed by atoms with Crippen LogP contribution in [0.1, 0.15) is 6.42 Å². The fourth-order valence-electron chi connectivity index (χ4n) is 2.51. The van der Waals surface area contributed by atoms with Gasteiger partial charge in [0, 0.05) is 12.2 Å². The van der Waals surface area contributed by atoms with Gasteiger partial charge in [-0.25, -0.2) is 4.98 Å². The molecule has 0 aliphatic rings. The summed E-state index contributed by atoms with van der Waals surface area (Å²) in [5, 5.41) is 0. The van der Waals surface area contributed by atoms with Gasteiger partial charge in [0.15, 0.2) is 5.82 Å². The van der Waals surface area contributed by atoms with Crippen LogP contribution >= 0.6 is 15.9 Å². The number of aromatic nitrogens is 2. The van der Waals surface area contributed by atoms with Gasteiger partial charge >= 0.3 is 0 Å². The Morgan fingerprint density at radius 2 is 1.80 bits per heavy atom. The lowest BCUT2D eigenvalue weighted by atomic mass is 10.2. The van der Waals surface area contributed by atoms with Crippen molar-refractivity contribution in [1.82, 2.24) is 9.97 Å². The van der Waals surface area contributed by atoms with Crippen molar-refractivity contribution in [2.24, 2.45) is 0 Å². The molecule has 0 N–H and O–H groups in total. The maximum absolute atomic E-state index is 4.78. The van der Waals surface area contributed by atoms with Gasteiger partial charge in [0.1, 0.15) is 0 Å². The molecule has 0 saturated heterocycles. The summed E-state index contributed by atoms with van der Waals surface area (Å²) in [5.74, 6) is 0.844. The molecule has 0 atom stereocenters. The molecule has 4 heteroatoms. The molecule has 124 valence electrons. The van der Waals surface area contributed by atoms with Crippen LogP contribution in [0.3, 0.4) is 0 Å². The predicted molar refractivity (Wildman–Crippen MR) is 108 cm³/mol. The van der Waals surface area contributed by atoms with Crippen LogP contribution in [0.15, 0.2) is 89.7 Å². The number of halogens is 1. The van der Waals surface area contributed by atoms with Gasteiger partial charge in [-0.15, -0.1) is 5.73 Å². The topological polar surface area (TPSA) is 29.0 Å². The van der Waals surface area contributed by atoms with E-state index < -0.39 is 0 Å². The third-order valence-corrected chi connectivity index (χ3v) is 4.28. The third kappa shape index (κ3) is 4.44. The van der Waals surface area contributed by atoms with E-state index in [0.29, 0.717) is 0 Å². The maximum atomic E-state index is 4.78. The second-order valence-corrected chi connectivity index (χ2v) is 6.27. The summed E-state index contributed by atoms with van der Waals surface area (Å²) in [5.41, 5.74) is 5.69. The first-order valence-corrected chi connectivity index (χ1v) is 8.83. The molecule has 3 nitrogen and oxygen atoms in total. The van der Waals surface area contributed by atoms with Gasteiger partial charge in [0.05, 0.1) is 21.7 Å². The van der Waals surface area contributed by atoms with Crippen molar-refractivity contribution in [3.8, 4) is 0 Å². The van der Waals surface area contributed by atoms with Crippen LogP contribution in [0.4, 0.5) is 11.5 Å². The van der Waals surface area contributed by atoms with Crippen LogP contribution in [0.25, 0.3) is 11.0 Å². The molecule has 0 bridgehead atoms. The third-order valence-electron chi connectivity index (χ3n) is 3.73. The molecule has 0 aliphatic heterocycles. The Morgan fingerprint density at radius 3 is 2.56 bits per heavy atom. The van der Waals surface area contributed by atoms with Gasteiger partial charge < -0.3 is 4.90 Å². The SMILES string of the molecule is C=C=C(Br)/C=C\CCN(c1ccccc1)c1cnc2ccccc2n1. The van der Waals surface area contributed by atoms with Crippen molar-refractivity contribution in [2.75, 3.05) is 11.4 Å². The zero-order valence-corrected chi connectivity index (χ0v) is 15.4. The lowest BCUT2D eigenvalue weighted by molar-refractivity contribution is 0.919. The molecule has 0 saturated carbocycles. The molecule has 0 spiro atoms. The molecular weight excluding hydrogens is 374 g/mol. The number of hydrogen-bond acceptors (Lipinski definition) is 3. The van der Waals surface area contributed by atoms with Gasteiger partial charge in [-0.2, -0.15) is 0 Å². The van der Waals surface area contributed by atoms with Crippen molar-refractivity contribution in [1.29, 1.82) is 0 Å². The minimum absolute atomic E-state index is 0.797. The largest absolute Gasteiger partial charge is 0.325 e. The minimum Gasteiger partial charge on any atom is -0.325 e. The second-order valence-electron chi connectivity index (χ2n) is 5.42. The standard InChI is InChI=1S/C21H18BrN3/c1-2-17(22)10-8-9-15-25(18-11-4-3-5-12-18)21-16-23-19-13-6-7-14-20(19)24-21/h3-8,10-14,16H,1,9,15H2/b10-8-. The predicted octanol–water partition coefficient (Wildman–Crippen LogP) is 5.78. The van der Waals surface area contributed by atoms with E-state index in [2.05, 4.69) is 56.3 Å². The van der Waals surface area contributed by atoms with Crippen LogP contribution < -0.4 is 4.90 Å². The fourth-order valence-corrected chi connectivity index (χ4v) is 2.70. The monoisotopic (exact) mass is 391 g/mol. The number of fused-ring (bicyclic) bond motifs is 1. The number of nitrogens with zero attached hydrogens (tertiary/aromatic N) is 3. The smallest absolute Gasteiger partial charge is 0.152 e. The number of para-hydroxylation sites is 3. The highest BCUT2D eigenvalue weighted by Crippen LogP contribution is 2.24. The molecule has 0 aliphatic carbocycles. The number of hydrogen-bond donors (Lipinski definition) is 0. The minimum atomic E-state index is 0.797. The van der Waals surface area contributed by atoms with Crippen LogP contribution in [0.2, 0.25) is 0 Å².